The molecule has 0 spiro atoms. The van der Waals surface area contributed by atoms with Crippen LogP contribution in [0.1, 0.15) is 0 Å². The van der Waals surface area contributed by atoms with Crippen molar-refractivity contribution in [2.45, 2.75) is 4.90 Å². The van der Waals surface area contributed by atoms with E-state index in [0.717, 1.165) is 20.0 Å². The van der Waals surface area contributed by atoms with Gasteiger partial charge < -0.3 is 4.74 Å². The largest absolute Gasteiger partial charge is 0.487 e. The highest BCUT2D eigenvalue weighted by Crippen LogP contribution is 2.37. The third-order valence-corrected chi connectivity index (χ3v) is 3.61. The molecule has 1 heterocycles. The molecule has 0 amide bonds. The zero-order valence-electron chi connectivity index (χ0n) is 6.87. The number of thiophene rings is 1. The highest BCUT2D eigenvalue weighted by Gasteiger charge is 2.05. The molecular formula is C9H7ClOS2. The fourth-order valence-corrected chi connectivity index (χ4v) is 2.75. The predicted octanol–water partition coefficient (Wildman–Crippen LogP) is 3.85. The Balaban J connectivity index is 2.75. The summed E-state index contributed by atoms with van der Waals surface area (Å²) in [6.07, 6.45) is 0. The molecule has 0 bridgehead atoms. The number of hydrogen-bond donors (Lipinski definition) is 1. The van der Waals surface area contributed by atoms with Gasteiger partial charge in [0.25, 0.3) is 0 Å². The number of rotatable bonds is 1. The second-order valence-electron chi connectivity index (χ2n) is 2.61. The molecule has 0 saturated carbocycles. The molecule has 13 heavy (non-hydrogen) atoms. The molecular weight excluding hydrogens is 224 g/mol. The third-order valence-electron chi connectivity index (χ3n) is 1.74. The minimum atomic E-state index is 0.706. The van der Waals surface area contributed by atoms with Crippen molar-refractivity contribution >= 4 is 45.7 Å². The van der Waals surface area contributed by atoms with Crippen LogP contribution in [-0.4, -0.2) is 7.11 Å². The van der Waals surface area contributed by atoms with Gasteiger partial charge in [-0.15, -0.1) is 12.6 Å². The maximum absolute atomic E-state index is 5.89. The smallest absolute Gasteiger partial charge is 0.174 e. The van der Waals surface area contributed by atoms with E-state index >= 15 is 0 Å². The van der Waals surface area contributed by atoms with Gasteiger partial charge in [-0.1, -0.05) is 22.9 Å². The van der Waals surface area contributed by atoms with Gasteiger partial charge in [-0.3, -0.25) is 0 Å². The van der Waals surface area contributed by atoms with E-state index in [0.29, 0.717) is 5.02 Å². The van der Waals surface area contributed by atoms with Crippen LogP contribution in [0.4, 0.5) is 0 Å². The van der Waals surface area contributed by atoms with Gasteiger partial charge in [-0.25, -0.2) is 0 Å². The number of methoxy groups -OCH3 is 1. The van der Waals surface area contributed by atoms with Crippen LogP contribution in [0, 0.1) is 0 Å². The first-order chi connectivity index (χ1) is 6.20. The lowest BCUT2D eigenvalue weighted by Crippen LogP contribution is -1.73. The predicted molar refractivity (Wildman–Crippen MR) is 60.6 cm³/mol. The molecule has 0 aliphatic carbocycles. The van der Waals surface area contributed by atoms with Crippen LogP contribution < -0.4 is 4.74 Å². The van der Waals surface area contributed by atoms with Crippen LogP contribution in [0.5, 0.6) is 5.06 Å². The second kappa shape index (κ2) is 3.40. The number of hydrogen-bond acceptors (Lipinski definition) is 3. The van der Waals surface area contributed by atoms with Gasteiger partial charge in [0.15, 0.2) is 5.06 Å². The maximum Gasteiger partial charge on any atom is 0.174 e. The van der Waals surface area contributed by atoms with Crippen LogP contribution in [-0.2, 0) is 0 Å². The van der Waals surface area contributed by atoms with Gasteiger partial charge in [-0.05, 0) is 23.6 Å². The Morgan fingerprint density at radius 1 is 1.38 bits per heavy atom. The van der Waals surface area contributed by atoms with E-state index in [1.54, 1.807) is 18.4 Å². The molecule has 0 atom stereocenters. The van der Waals surface area contributed by atoms with Gasteiger partial charge in [0, 0.05) is 9.92 Å². The van der Waals surface area contributed by atoms with Crippen molar-refractivity contribution in [1.82, 2.24) is 0 Å². The first-order valence-electron chi connectivity index (χ1n) is 3.67. The molecule has 0 aliphatic rings. The minimum absolute atomic E-state index is 0.706. The molecule has 1 aromatic heterocycles. The lowest BCUT2D eigenvalue weighted by molar-refractivity contribution is 0.427. The number of halogens is 1. The molecule has 0 radical (unpaired) electrons. The van der Waals surface area contributed by atoms with Crippen molar-refractivity contribution in [2.75, 3.05) is 7.11 Å². The summed E-state index contributed by atoms with van der Waals surface area (Å²) in [5.74, 6) is 0. The Kier molecular flexibility index (Phi) is 2.41. The van der Waals surface area contributed by atoms with Crippen molar-refractivity contribution in [3.63, 3.8) is 0 Å². The van der Waals surface area contributed by atoms with Gasteiger partial charge in [0.2, 0.25) is 0 Å². The Bertz CT molecular complexity index is 450. The van der Waals surface area contributed by atoms with E-state index in [4.69, 9.17) is 16.3 Å². The molecule has 0 aliphatic heterocycles. The summed E-state index contributed by atoms with van der Waals surface area (Å²) in [6.45, 7) is 0. The molecule has 0 unspecified atom stereocenters. The number of ether oxygens (including phenoxy) is 1. The molecule has 68 valence electrons. The summed E-state index contributed by atoms with van der Waals surface area (Å²) < 4.78 is 6.25. The summed E-state index contributed by atoms with van der Waals surface area (Å²) in [5.41, 5.74) is 0. The summed E-state index contributed by atoms with van der Waals surface area (Å²) in [5, 5.41) is 2.67. The van der Waals surface area contributed by atoms with E-state index in [-0.39, 0.29) is 0 Å². The van der Waals surface area contributed by atoms with E-state index in [1.807, 2.05) is 18.2 Å². The standard InChI is InChI=1S/C9H7ClOS2/c1-11-8-3-5-2-6(10)4-7(12)9(5)13-8/h2-4,12H,1H3. The first kappa shape index (κ1) is 9.19. The molecule has 2 rings (SSSR count). The Morgan fingerprint density at radius 3 is 2.85 bits per heavy atom. The molecule has 1 nitrogen and oxygen atoms in total. The van der Waals surface area contributed by atoms with Gasteiger partial charge in [-0.2, -0.15) is 0 Å². The quantitative estimate of drug-likeness (QED) is 0.733. The van der Waals surface area contributed by atoms with Gasteiger partial charge in [0.05, 0.1) is 11.8 Å². The van der Waals surface area contributed by atoms with E-state index in [1.165, 1.54) is 0 Å². The summed E-state index contributed by atoms with van der Waals surface area (Å²) in [7, 11) is 1.66. The van der Waals surface area contributed by atoms with Crippen LogP contribution >= 0.6 is 35.6 Å². The van der Waals surface area contributed by atoms with Crippen LogP contribution in [0.3, 0.4) is 0 Å². The number of fused-ring (bicyclic) bond motifs is 1. The van der Waals surface area contributed by atoms with E-state index < -0.39 is 0 Å². The van der Waals surface area contributed by atoms with Gasteiger partial charge in [0.1, 0.15) is 0 Å². The Morgan fingerprint density at radius 2 is 2.15 bits per heavy atom. The average molecular weight is 231 g/mol. The fraction of sp³-hybridized carbons (Fsp3) is 0.111. The van der Waals surface area contributed by atoms with Crippen molar-refractivity contribution in [3.05, 3.63) is 23.2 Å². The fourth-order valence-electron chi connectivity index (χ4n) is 1.18. The molecule has 0 saturated heterocycles. The lowest BCUT2D eigenvalue weighted by atomic mass is 10.3. The van der Waals surface area contributed by atoms with Gasteiger partial charge >= 0.3 is 0 Å². The van der Waals surface area contributed by atoms with Crippen LogP contribution in [0.15, 0.2) is 23.1 Å². The highest BCUT2D eigenvalue weighted by atomic mass is 35.5. The molecule has 1 aromatic carbocycles. The number of benzene rings is 1. The van der Waals surface area contributed by atoms with Crippen molar-refractivity contribution in [3.8, 4) is 5.06 Å². The van der Waals surface area contributed by atoms with Crippen LogP contribution in [0.2, 0.25) is 5.02 Å². The zero-order chi connectivity index (χ0) is 9.42. The first-order valence-corrected chi connectivity index (χ1v) is 5.31. The SMILES string of the molecule is COc1cc2cc(Cl)cc(S)c2s1. The molecule has 2 aromatic rings. The average Bonchev–Trinajstić information content (AvgIpc) is 2.47. The Hall–Kier alpha value is -0.380. The van der Waals surface area contributed by atoms with Crippen molar-refractivity contribution in [2.24, 2.45) is 0 Å². The normalized spacial score (nSPS) is 10.7. The molecule has 0 N–H and O–H groups in total. The van der Waals surface area contributed by atoms with Crippen molar-refractivity contribution in [1.29, 1.82) is 0 Å². The topological polar surface area (TPSA) is 9.23 Å². The highest BCUT2D eigenvalue weighted by molar-refractivity contribution is 7.80. The van der Waals surface area contributed by atoms with E-state index in [9.17, 15) is 0 Å². The lowest BCUT2D eigenvalue weighted by Gasteiger charge is -1.94. The third kappa shape index (κ3) is 1.64. The Labute approximate surface area is 90.7 Å². The van der Waals surface area contributed by atoms with Crippen molar-refractivity contribution < 1.29 is 4.74 Å². The summed E-state index contributed by atoms with van der Waals surface area (Å²) in [4.78, 5) is 0.899. The monoisotopic (exact) mass is 230 g/mol. The summed E-state index contributed by atoms with van der Waals surface area (Å²) in [6, 6.07) is 5.71. The summed E-state index contributed by atoms with van der Waals surface area (Å²) >= 11 is 11.8. The molecule has 0 fully saturated rings. The zero-order valence-corrected chi connectivity index (χ0v) is 9.34. The van der Waals surface area contributed by atoms with Crippen LogP contribution in [0.25, 0.3) is 10.1 Å². The second-order valence-corrected chi connectivity index (χ2v) is 4.55. The molecule has 4 heteroatoms. The minimum Gasteiger partial charge on any atom is -0.487 e. The van der Waals surface area contributed by atoms with E-state index in [2.05, 4.69) is 12.6 Å². The maximum atomic E-state index is 5.89. The number of thiol groups is 1.